The van der Waals surface area contributed by atoms with Gasteiger partial charge in [-0.1, -0.05) is 42.4 Å². The number of halogens is 3. The summed E-state index contributed by atoms with van der Waals surface area (Å²) in [6, 6.07) is 8.21. The van der Waals surface area contributed by atoms with Crippen LogP contribution in [0.1, 0.15) is 13.3 Å². The molecule has 0 bridgehead atoms. The molecule has 4 heterocycles. The summed E-state index contributed by atoms with van der Waals surface area (Å²) < 4.78 is 30.1. The molecule has 4 aromatic rings. The third kappa shape index (κ3) is 3.06. The normalized spacial score (nSPS) is 21.3. The molecule has 35 heavy (non-hydrogen) atoms. The maximum absolute atomic E-state index is 15.9. The van der Waals surface area contributed by atoms with E-state index in [1.807, 2.05) is 11.8 Å². The Labute approximate surface area is 204 Å². The number of carbonyl (C=O) groups excluding carboxylic acids is 1. The van der Waals surface area contributed by atoms with E-state index in [1.54, 1.807) is 30.5 Å². The van der Waals surface area contributed by atoms with Gasteiger partial charge in [0.2, 0.25) is 5.91 Å². The maximum atomic E-state index is 15.9. The van der Waals surface area contributed by atoms with Crippen LogP contribution in [0.15, 0.2) is 55.5 Å². The third-order valence-corrected chi connectivity index (χ3v) is 7.57. The zero-order valence-corrected chi connectivity index (χ0v) is 19.5. The number of amides is 1. The van der Waals surface area contributed by atoms with Crippen LogP contribution in [0.2, 0.25) is 5.02 Å². The second-order valence-electron chi connectivity index (χ2n) is 8.88. The van der Waals surface area contributed by atoms with Gasteiger partial charge in [0.1, 0.15) is 29.2 Å². The first-order chi connectivity index (χ1) is 16.9. The van der Waals surface area contributed by atoms with Crippen molar-refractivity contribution in [1.82, 2.24) is 19.9 Å². The van der Waals surface area contributed by atoms with Crippen LogP contribution in [0.4, 0.5) is 14.6 Å². The first kappa shape index (κ1) is 21.9. The SMILES string of the molecule is C=CC(=O)N1CC[C@@H]2[C@H]1[C@@H](C)N2c1ncnc2c(F)c(-c3cccc4ccc(F)c(Cl)c34)ncc12. The molecule has 3 atom stereocenters. The first-order valence-electron chi connectivity index (χ1n) is 11.3. The molecule has 1 amide bonds. The molecule has 2 fully saturated rings. The van der Waals surface area contributed by atoms with Gasteiger partial charge in [0.25, 0.3) is 0 Å². The van der Waals surface area contributed by atoms with Crippen molar-refractivity contribution in [3.05, 3.63) is 72.2 Å². The van der Waals surface area contributed by atoms with Crippen molar-refractivity contribution in [2.24, 2.45) is 0 Å². The minimum Gasteiger partial charge on any atom is -0.346 e. The van der Waals surface area contributed by atoms with Gasteiger partial charge in [0, 0.05) is 23.7 Å². The van der Waals surface area contributed by atoms with E-state index in [9.17, 15) is 9.18 Å². The van der Waals surface area contributed by atoms with Gasteiger partial charge in [-0.05, 0) is 30.9 Å². The van der Waals surface area contributed by atoms with Crippen molar-refractivity contribution in [1.29, 1.82) is 0 Å². The number of fused-ring (bicyclic) bond motifs is 3. The van der Waals surface area contributed by atoms with Gasteiger partial charge >= 0.3 is 0 Å². The molecule has 2 aromatic carbocycles. The summed E-state index contributed by atoms with van der Waals surface area (Å²) >= 11 is 6.27. The zero-order chi connectivity index (χ0) is 24.4. The van der Waals surface area contributed by atoms with Crippen molar-refractivity contribution in [3.63, 3.8) is 0 Å². The Hall–Kier alpha value is -3.65. The van der Waals surface area contributed by atoms with E-state index < -0.39 is 11.6 Å². The number of hydrogen-bond acceptors (Lipinski definition) is 5. The topological polar surface area (TPSA) is 62.2 Å². The van der Waals surface area contributed by atoms with Gasteiger partial charge in [0.15, 0.2) is 5.82 Å². The number of anilines is 1. The Morgan fingerprint density at radius 3 is 2.83 bits per heavy atom. The molecule has 0 N–H and O–H groups in total. The van der Waals surface area contributed by atoms with Crippen LogP contribution >= 0.6 is 11.6 Å². The zero-order valence-electron chi connectivity index (χ0n) is 18.8. The number of nitrogens with zero attached hydrogens (tertiary/aromatic N) is 5. The van der Waals surface area contributed by atoms with Crippen molar-refractivity contribution in [2.75, 3.05) is 11.4 Å². The summed E-state index contributed by atoms with van der Waals surface area (Å²) in [6.07, 6.45) is 5.01. The quantitative estimate of drug-likeness (QED) is 0.371. The minimum absolute atomic E-state index is 0.00733. The number of rotatable bonds is 3. The van der Waals surface area contributed by atoms with Crippen LogP contribution in [0.5, 0.6) is 0 Å². The molecule has 0 saturated carbocycles. The molecule has 2 saturated heterocycles. The largest absolute Gasteiger partial charge is 0.346 e. The average Bonchev–Trinajstić information content (AvgIpc) is 3.26. The van der Waals surface area contributed by atoms with Crippen molar-refractivity contribution in [2.45, 2.75) is 31.5 Å². The number of likely N-dealkylation sites (tertiary alicyclic amines) is 1. The van der Waals surface area contributed by atoms with Gasteiger partial charge in [0.05, 0.1) is 28.5 Å². The third-order valence-electron chi connectivity index (χ3n) is 7.20. The van der Waals surface area contributed by atoms with E-state index in [0.717, 1.165) is 6.42 Å². The van der Waals surface area contributed by atoms with Gasteiger partial charge in [-0.25, -0.2) is 18.7 Å². The summed E-state index contributed by atoms with van der Waals surface area (Å²) in [4.78, 5) is 29.3. The highest BCUT2D eigenvalue weighted by atomic mass is 35.5. The molecule has 2 aliphatic heterocycles. The molecule has 0 aliphatic carbocycles. The average molecular weight is 492 g/mol. The summed E-state index contributed by atoms with van der Waals surface area (Å²) in [6.45, 7) is 6.26. The van der Waals surface area contributed by atoms with E-state index >= 15 is 4.39 Å². The van der Waals surface area contributed by atoms with Crippen LogP contribution in [0.25, 0.3) is 32.9 Å². The molecule has 0 spiro atoms. The summed E-state index contributed by atoms with van der Waals surface area (Å²) in [5.74, 6) is -0.714. The number of aromatic nitrogens is 3. The van der Waals surface area contributed by atoms with Crippen molar-refractivity contribution in [3.8, 4) is 11.3 Å². The predicted molar refractivity (Wildman–Crippen MR) is 131 cm³/mol. The number of carbonyl (C=O) groups is 1. The second kappa shape index (κ2) is 7.95. The van der Waals surface area contributed by atoms with Crippen LogP contribution < -0.4 is 4.90 Å². The molecule has 176 valence electrons. The van der Waals surface area contributed by atoms with Crippen LogP contribution in [0, 0.1) is 11.6 Å². The maximum Gasteiger partial charge on any atom is 0.246 e. The standard InChI is InChI=1S/C26H20ClF2N5O/c1-3-19(35)33-10-9-18-25(33)13(2)34(18)26-16-11-30-23(22(29)24(16)31-12-32-26)15-6-4-5-14-7-8-17(28)21(27)20(14)15/h3-8,11-13,18,25H,1,9-10H2,2H3/t13-,18-,25-/m1/s1. The van der Waals surface area contributed by atoms with Crippen LogP contribution in [-0.4, -0.2) is 50.4 Å². The lowest BCUT2D eigenvalue weighted by molar-refractivity contribution is -0.128. The number of benzene rings is 2. The fraction of sp³-hybridized carbons (Fsp3) is 0.231. The number of pyridine rings is 1. The fourth-order valence-corrected chi connectivity index (χ4v) is 5.93. The van der Waals surface area contributed by atoms with Crippen molar-refractivity contribution >= 4 is 45.0 Å². The lowest BCUT2D eigenvalue weighted by Crippen LogP contribution is -2.69. The fourth-order valence-electron chi connectivity index (χ4n) is 5.65. The van der Waals surface area contributed by atoms with Crippen molar-refractivity contribution < 1.29 is 13.6 Å². The monoisotopic (exact) mass is 491 g/mol. The van der Waals surface area contributed by atoms with E-state index in [-0.39, 0.29) is 40.3 Å². The Kier molecular flexibility index (Phi) is 4.96. The van der Waals surface area contributed by atoms with E-state index in [0.29, 0.717) is 34.1 Å². The van der Waals surface area contributed by atoms with E-state index in [4.69, 9.17) is 11.6 Å². The van der Waals surface area contributed by atoms with E-state index in [1.165, 1.54) is 18.5 Å². The molecule has 9 heteroatoms. The van der Waals surface area contributed by atoms with Crippen LogP contribution in [0.3, 0.4) is 0 Å². The van der Waals surface area contributed by atoms with E-state index in [2.05, 4.69) is 26.4 Å². The first-order valence-corrected chi connectivity index (χ1v) is 11.7. The molecule has 6 rings (SSSR count). The lowest BCUT2D eigenvalue weighted by Gasteiger charge is -2.53. The lowest BCUT2D eigenvalue weighted by atomic mass is 9.87. The molecular weight excluding hydrogens is 472 g/mol. The molecule has 6 nitrogen and oxygen atoms in total. The smallest absolute Gasteiger partial charge is 0.246 e. The Morgan fingerprint density at radius 1 is 1.20 bits per heavy atom. The summed E-state index contributed by atoms with van der Waals surface area (Å²) in [7, 11) is 0. The second-order valence-corrected chi connectivity index (χ2v) is 9.25. The Balaban J connectivity index is 1.46. The predicted octanol–water partition coefficient (Wildman–Crippen LogP) is 5.14. The Bertz CT molecular complexity index is 1540. The number of hydrogen-bond donors (Lipinski definition) is 0. The highest BCUT2D eigenvalue weighted by Gasteiger charge is 2.54. The molecular formula is C26H20ClF2N5O. The molecule has 0 unspecified atom stereocenters. The van der Waals surface area contributed by atoms with Gasteiger partial charge < -0.3 is 9.80 Å². The highest BCUT2D eigenvalue weighted by molar-refractivity contribution is 6.36. The molecule has 2 aliphatic rings. The van der Waals surface area contributed by atoms with Gasteiger partial charge in [-0.2, -0.15) is 0 Å². The Morgan fingerprint density at radius 2 is 2.03 bits per heavy atom. The highest BCUT2D eigenvalue weighted by Crippen LogP contribution is 2.43. The molecule has 2 aromatic heterocycles. The van der Waals surface area contributed by atoms with Gasteiger partial charge in [-0.15, -0.1) is 0 Å². The summed E-state index contributed by atoms with van der Waals surface area (Å²) in [5, 5.41) is 1.47. The summed E-state index contributed by atoms with van der Waals surface area (Å²) in [5.41, 5.74) is 0.550. The molecule has 0 radical (unpaired) electrons. The van der Waals surface area contributed by atoms with Crippen LogP contribution in [-0.2, 0) is 4.79 Å². The van der Waals surface area contributed by atoms with Gasteiger partial charge in [-0.3, -0.25) is 9.78 Å². The minimum atomic E-state index is -0.626.